The Morgan fingerprint density at radius 2 is 1.74 bits per heavy atom. The second-order valence-electron chi connectivity index (χ2n) is 5.07. The zero-order valence-electron chi connectivity index (χ0n) is 10.7. The van der Waals surface area contributed by atoms with Crippen LogP contribution in [0.1, 0.15) is 32.1 Å². The minimum absolute atomic E-state index is 0.0479. The van der Waals surface area contributed by atoms with E-state index in [9.17, 15) is 13.2 Å². The van der Waals surface area contributed by atoms with Gasteiger partial charge in [-0.2, -0.15) is 8.42 Å². The predicted octanol–water partition coefficient (Wildman–Crippen LogP) is 2.54. The summed E-state index contributed by atoms with van der Waals surface area (Å²) in [5, 5.41) is 0. The van der Waals surface area contributed by atoms with Gasteiger partial charge in [-0.1, -0.05) is 37.5 Å². The van der Waals surface area contributed by atoms with E-state index in [1.807, 2.05) is 0 Å². The molecule has 0 aliphatic heterocycles. The van der Waals surface area contributed by atoms with Crippen molar-refractivity contribution in [3.8, 4) is 0 Å². The average Bonchev–Trinajstić information content (AvgIpc) is 2.47. The van der Waals surface area contributed by atoms with Gasteiger partial charge in [-0.25, -0.2) is 0 Å². The number of hydrogen-bond donors (Lipinski definition) is 0. The Labute approximate surface area is 113 Å². The predicted molar refractivity (Wildman–Crippen MR) is 71.2 cm³/mol. The van der Waals surface area contributed by atoms with Gasteiger partial charge in [-0.3, -0.25) is 4.18 Å². The highest BCUT2D eigenvalue weighted by molar-refractivity contribution is 7.86. The van der Waals surface area contributed by atoms with Gasteiger partial charge >= 0.3 is 0 Å². The quantitative estimate of drug-likeness (QED) is 0.615. The first kappa shape index (κ1) is 14.2. The SMILES string of the molecule is O=CC1(COS(=O)(=O)c2ccccc2)CCCCC1. The molecule has 1 fully saturated rings. The summed E-state index contributed by atoms with van der Waals surface area (Å²) in [4.78, 5) is 11.4. The van der Waals surface area contributed by atoms with Crippen LogP contribution in [0.25, 0.3) is 0 Å². The van der Waals surface area contributed by atoms with Gasteiger partial charge in [0.15, 0.2) is 0 Å². The van der Waals surface area contributed by atoms with Gasteiger partial charge in [0.1, 0.15) is 6.29 Å². The first-order valence-corrected chi connectivity index (χ1v) is 7.90. The lowest BCUT2D eigenvalue weighted by atomic mass is 9.76. The maximum Gasteiger partial charge on any atom is 0.297 e. The summed E-state index contributed by atoms with van der Waals surface area (Å²) >= 11 is 0. The standard InChI is InChI=1S/C14H18O4S/c15-11-14(9-5-2-6-10-14)12-18-19(16,17)13-7-3-1-4-8-13/h1,3-4,7-8,11H,2,5-6,9-10,12H2. The average molecular weight is 282 g/mol. The summed E-state index contributed by atoms with van der Waals surface area (Å²) < 4.78 is 29.1. The Morgan fingerprint density at radius 1 is 1.11 bits per heavy atom. The van der Waals surface area contributed by atoms with Gasteiger partial charge in [-0.15, -0.1) is 0 Å². The smallest absolute Gasteiger partial charge is 0.297 e. The maximum atomic E-state index is 12.0. The second kappa shape index (κ2) is 5.84. The Bertz CT molecular complexity index is 516. The van der Waals surface area contributed by atoms with Gasteiger partial charge in [-0.05, 0) is 25.0 Å². The van der Waals surface area contributed by atoms with Crippen LogP contribution in [-0.2, 0) is 19.1 Å². The van der Waals surface area contributed by atoms with E-state index in [1.165, 1.54) is 12.1 Å². The number of carbonyl (C=O) groups is 1. The van der Waals surface area contributed by atoms with Gasteiger partial charge in [0.25, 0.3) is 10.1 Å². The number of benzene rings is 1. The fourth-order valence-electron chi connectivity index (χ4n) is 2.40. The molecule has 104 valence electrons. The molecule has 2 rings (SSSR count). The lowest BCUT2D eigenvalue weighted by Crippen LogP contribution is -2.32. The molecule has 0 radical (unpaired) electrons. The fraction of sp³-hybridized carbons (Fsp3) is 0.500. The number of rotatable bonds is 5. The molecule has 0 saturated heterocycles. The van der Waals surface area contributed by atoms with Crippen LogP contribution in [0, 0.1) is 5.41 Å². The van der Waals surface area contributed by atoms with Crippen LogP contribution < -0.4 is 0 Å². The highest BCUT2D eigenvalue weighted by Gasteiger charge is 2.34. The van der Waals surface area contributed by atoms with E-state index in [0.717, 1.165) is 25.5 Å². The molecule has 1 aromatic carbocycles. The third-order valence-corrected chi connectivity index (χ3v) is 4.91. The third kappa shape index (κ3) is 3.42. The van der Waals surface area contributed by atoms with Crippen molar-refractivity contribution in [3.05, 3.63) is 30.3 Å². The van der Waals surface area contributed by atoms with Crippen molar-refractivity contribution >= 4 is 16.4 Å². The Balaban J connectivity index is 2.07. The van der Waals surface area contributed by atoms with Crippen molar-refractivity contribution in [2.24, 2.45) is 5.41 Å². The summed E-state index contributed by atoms with van der Waals surface area (Å²) in [7, 11) is -3.77. The van der Waals surface area contributed by atoms with E-state index in [4.69, 9.17) is 4.18 Å². The normalized spacial score (nSPS) is 18.9. The van der Waals surface area contributed by atoms with Crippen molar-refractivity contribution in [3.63, 3.8) is 0 Å². The molecule has 4 nitrogen and oxygen atoms in total. The van der Waals surface area contributed by atoms with E-state index in [1.54, 1.807) is 18.2 Å². The second-order valence-corrected chi connectivity index (χ2v) is 6.69. The van der Waals surface area contributed by atoms with Crippen LogP contribution in [-0.4, -0.2) is 21.3 Å². The van der Waals surface area contributed by atoms with Gasteiger partial charge < -0.3 is 4.79 Å². The summed E-state index contributed by atoms with van der Waals surface area (Å²) in [6.07, 6.45) is 5.29. The lowest BCUT2D eigenvalue weighted by molar-refractivity contribution is -0.119. The van der Waals surface area contributed by atoms with E-state index < -0.39 is 15.5 Å². The topological polar surface area (TPSA) is 60.4 Å². The summed E-state index contributed by atoms with van der Waals surface area (Å²) in [6, 6.07) is 8.01. The lowest BCUT2D eigenvalue weighted by Gasteiger charge is -2.31. The molecule has 1 aliphatic carbocycles. The number of aldehydes is 1. The molecular formula is C14H18O4S. The zero-order valence-corrected chi connectivity index (χ0v) is 11.6. The zero-order chi connectivity index (χ0) is 13.8. The Hall–Kier alpha value is -1.20. The van der Waals surface area contributed by atoms with Crippen molar-refractivity contribution in [1.82, 2.24) is 0 Å². The molecular weight excluding hydrogens is 264 g/mol. The van der Waals surface area contributed by atoms with Crippen molar-refractivity contribution in [1.29, 1.82) is 0 Å². The van der Waals surface area contributed by atoms with Gasteiger partial charge in [0.2, 0.25) is 0 Å². The molecule has 19 heavy (non-hydrogen) atoms. The molecule has 0 spiro atoms. The van der Waals surface area contributed by atoms with Crippen molar-refractivity contribution in [2.75, 3.05) is 6.61 Å². The van der Waals surface area contributed by atoms with E-state index >= 15 is 0 Å². The van der Waals surface area contributed by atoms with Crippen molar-refractivity contribution < 1.29 is 17.4 Å². The van der Waals surface area contributed by atoms with Crippen molar-refractivity contribution in [2.45, 2.75) is 37.0 Å². The molecule has 0 amide bonds. The van der Waals surface area contributed by atoms with Gasteiger partial charge in [0, 0.05) is 0 Å². The molecule has 0 atom stereocenters. The van der Waals surface area contributed by atoms with Crippen LogP contribution >= 0.6 is 0 Å². The summed E-state index contributed by atoms with van der Waals surface area (Å²) in [6.45, 7) is -0.0479. The molecule has 5 heteroatoms. The molecule has 0 unspecified atom stereocenters. The minimum atomic E-state index is -3.77. The Morgan fingerprint density at radius 3 is 2.32 bits per heavy atom. The molecule has 0 bridgehead atoms. The highest BCUT2D eigenvalue weighted by atomic mass is 32.2. The molecule has 0 aromatic heterocycles. The number of carbonyl (C=O) groups excluding carboxylic acids is 1. The molecule has 1 saturated carbocycles. The van der Waals surface area contributed by atoms with E-state index in [-0.39, 0.29) is 11.5 Å². The largest absolute Gasteiger partial charge is 0.303 e. The van der Waals surface area contributed by atoms with Crippen LogP contribution in [0.3, 0.4) is 0 Å². The maximum absolute atomic E-state index is 12.0. The van der Waals surface area contributed by atoms with Gasteiger partial charge in [0.05, 0.1) is 16.9 Å². The monoisotopic (exact) mass is 282 g/mol. The van der Waals surface area contributed by atoms with Crippen LogP contribution in [0.4, 0.5) is 0 Å². The van der Waals surface area contributed by atoms with E-state index in [0.29, 0.717) is 12.8 Å². The summed E-state index contributed by atoms with van der Waals surface area (Å²) in [5.41, 5.74) is -0.625. The van der Waals surface area contributed by atoms with Crippen LogP contribution in [0.2, 0.25) is 0 Å². The van der Waals surface area contributed by atoms with Crippen LogP contribution in [0.15, 0.2) is 35.2 Å². The summed E-state index contributed by atoms with van der Waals surface area (Å²) in [5.74, 6) is 0. The Kier molecular flexibility index (Phi) is 4.37. The molecule has 1 aromatic rings. The molecule has 0 heterocycles. The minimum Gasteiger partial charge on any atom is -0.303 e. The first-order chi connectivity index (χ1) is 9.08. The van der Waals surface area contributed by atoms with E-state index in [2.05, 4.69) is 0 Å². The first-order valence-electron chi connectivity index (χ1n) is 6.49. The highest BCUT2D eigenvalue weighted by Crippen LogP contribution is 2.35. The third-order valence-electron chi connectivity index (χ3n) is 3.63. The van der Waals surface area contributed by atoms with Crippen LogP contribution in [0.5, 0.6) is 0 Å². The number of hydrogen-bond acceptors (Lipinski definition) is 4. The molecule has 1 aliphatic rings. The fourth-order valence-corrected chi connectivity index (χ4v) is 3.42. The molecule has 0 N–H and O–H groups in total.